The molecule has 21 heavy (non-hydrogen) atoms. The van der Waals surface area contributed by atoms with Crippen LogP contribution in [0.5, 0.6) is 0 Å². The van der Waals surface area contributed by atoms with E-state index in [1.165, 1.54) is 10.2 Å². The van der Waals surface area contributed by atoms with Crippen LogP contribution in [0.1, 0.15) is 11.1 Å². The first-order valence-corrected chi connectivity index (χ1v) is 7.45. The molecule has 2 aromatic rings. The topological polar surface area (TPSA) is 56.1 Å². The van der Waals surface area contributed by atoms with Crippen LogP contribution in [0.3, 0.4) is 0 Å². The van der Waals surface area contributed by atoms with Crippen LogP contribution in [-0.2, 0) is 17.8 Å². The molecule has 1 N–H and O–H groups in total. The van der Waals surface area contributed by atoms with Gasteiger partial charge in [0.05, 0.1) is 25.0 Å². The van der Waals surface area contributed by atoms with Gasteiger partial charge in [-0.05, 0) is 28.4 Å². The SMILES string of the molecule is COCCn1ncc(NCc2ccc(C)cc2)c(Br)c1=O. The molecule has 0 radical (unpaired) electrons. The predicted octanol–water partition coefficient (Wildman–Crippen LogP) is 2.57. The van der Waals surface area contributed by atoms with E-state index in [0.29, 0.717) is 29.9 Å². The number of aromatic nitrogens is 2. The number of hydrogen-bond donors (Lipinski definition) is 1. The van der Waals surface area contributed by atoms with Crippen molar-refractivity contribution >= 4 is 21.6 Å². The minimum absolute atomic E-state index is 0.166. The van der Waals surface area contributed by atoms with E-state index >= 15 is 0 Å². The summed E-state index contributed by atoms with van der Waals surface area (Å²) in [4.78, 5) is 12.1. The highest BCUT2D eigenvalue weighted by molar-refractivity contribution is 9.10. The predicted molar refractivity (Wildman–Crippen MR) is 86.6 cm³/mol. The number of benzene rings is 1. The zero-order valence-corrected chi connectivity index (χ0v) is 13.7. The molecule has 0 bridgehead atoms. The van der Waals surface area contributed by atoms with Gasteiger partial charge in [-0.2, -0.15) is 5.10 Å². The number of anilines is 1. The summed E-state index contributed by atoms with van der Waals surface area (Å²) in [6.07, 6.45) is 1.65. The molecular weight excluding hydrogens is 334 g/mol. The monoisotopic (exact) mass is 351 g/mol. The Labute approximate surface area is 132 Å². The Bertz CT molecular complexity index is 653. The summed E-state index contributed by atoms with van der Waals surface area (Å²) in [6, 6.07) is 8.24. The molecule has 1 heterocycles. The molecule has 0 aliphatic rings. The maximum Gasteiger partial charge on any atom is 0.283 e. The summed E-state index contributed by atoms with van der Waals surface area (Å²) in [5.74, 6) is 0. The highest BCUT2D eigenvalue weighted by Crippen LogP contribution is 2.17. The zero-order chi connectivity index (χ0) is 15.2. The maximum atomic E-state index is 12.1. The fourth-order valence-corrected chi connectivity index (χ4v) is 2.28. The first kappa shape index (κ1) is 15.7. The summed E-state index contributed by atoms with van der Waals surface area (Å²) in [6.45, 7) is 3.58. The second-order valence-corrected chi connectivity index (χ2v) is 5.53. The van der Waals surface area contributed by atoms with Gasteiger partial charge < -0.3 is 10.1 Å². The van der Waals surface area contributed by atoms with Gasteiger partial charge in [-0.15, -0.1) is 0 Å². The van der Waals surface area contributed by atoms with E-state index in [0.717, 1.165) is 5.56 Å². The van der Waals surface area contributed by atoms with Crippen LogP contribution < -0.4 is 10.9 Å². The lowest BCUT2D eigenvalue weighted by atomic mass is 10.1. The Morgan fingerprint density at radius 3 is 2.71 bits per heavy atom. The van der Waals surface area contributed by atoms with Crippen molar-refractivity contribution in [1.29, 1.82) is 0 Å². The van der Waals surface area contributed by atoms with E-state index in [1.807, 2.05) is 0 Å². The van der Waals surface area contributed by atoms with Crippen LogP contribution >= 0.6 is 15.9 Å². The van der Waals surface area contributed by atoms with Gasteiger partial charge in [-0.3, -0.25) is 4.79 Å². The van der Waals surface area contributed by atoms with Gasteiger partial charge in [0.25, 0.3) is 5.56 Å². The molecule has 0 spiro atoms. The minimum Gasteiger partial charge on any atom is -0.383 e. The van der Waals surface area contributed by atoms with Crippen LogP contribution in [0.25, 0.3) is 0 Å². The van der Waals surface area contributed by atoms with E-state index in [2.05, 4.69) is 57.5 Å². The normalized spacial score (nSPS) is 10.6. The summed E-state index contributed by atoms with van der Waals surface area (Å²) in [7, 11) is 1.59. The molecule has 2 rings (SSSR count). The third-order valence-corrected chi connectivity index (χ3v) is 3.86. The molecule has 5 nitrogen and oxygen atoms in total. The standard InChI is InChI=1S/C15H18BrN3O2/c1-11-3-5-12(6-4-11)9-17-13-10-18-19(7-8-21-2)15(20)14(13)16/h3-6,10,17H,7-9H2,1-2H3. The highest BCUT2D eigenvalue weighted by atomic mass is 79.9. The van der Waals surface area contributed by atoms with Gasteiger partial charge >= 0.3 is 0 Å². The number of rotatable bonds is 6. The second-order valence-electron chi connectivity index (χ2n) is 4.73. The van der Waals surface area contributed by atoms with Gasteiger partial charge in [-0.1, -0.05) is 29.8 Å². The van der Waals surface area contributed by atoms with Crippen molar-refractivity contribution in [2.75, 3.05) is 19.0 Å². The van der Waals surface area contributed by atoms with E-state index in [4.69, 9.17) is 4.74 Å². The van der Waals surface area contributed by atoms with Gasteiger partial charge in [-0.25, -0.2) is 4.68 Å². The third-order valence-electron chi connectivity index (χ3n) is 3.10. The summed E-state index contributed by atoms with van der Waals surface area (Å²) >= 11 is 3.33. The molecule has 0 amide bonds. The van der Waals surface area contributed by atoms with Crippen LogP contribution in [-0.4, -0.2) is 23.5 Å². The molecule has 0 saturated heterocycles. The van der Waals surface area contributed by atoms with Crippen LogP contribution in [0, 0.1) is 6.92 Å². The van der Waals surface area contributed by atoms with E-state index in [9.17, 15) is 4.79 Å². The lowest BCUT2D eigenvalue weighted by molar-refractivity contribution is 0.181. The van der Waals surface area contributed by atoms with Crippen LogP contribution in [0.4, 0.5) is 5.69 Å². The highest BCUT2D eigenvalue weighted by Gasteiger charge is 2.08. The minimum atomic E-state index is -0.166. The van der Waals surface area contributed by atoms with Crippen molar-refractivity contribution < 1.29 is 4.74 Å². The number of methoxy groups -OCH3 is 1. The zero-order valence-electron chi connectivity index (χ0n) is 12.1. The fourth-order valence-electron chi connectivity index (χ4n) is 1.83. The Morgan fingerprint density at radius 2 is 2.05 bits per heavy atom. The number of hydrogen-bond acceptors (Lipinski definition) is 4. The molecule has 112 valence electrons. The largest absolute Gasteiger partial charge is 0.383 e. The Kier molecular flexibility index (Phi) is 5.52. The molecule has 0 aliphatic heterocycles. The van der Waals surface area contributed by atoms with Crippen LogP contribution in [0.2, 0.25) is 0 Å². The van der Waals surface area contributed by atoms with E-state index in [-0.39, 0.29) is 5.56 Å². The van der Waals surface area contributed by atoms with Crippen molar-refractivity contribution in [2.24, 2.45) is 0 Å². The molecule has 1 aromatic carbocycles. The van der Waals surface area contributed by atoms with Crippen molar-refractivity contribution in [3.63, 3.8) is 0 Å². The molecule has 6 heteroatoms. The molecule has 0 unspecified atom stereocenters. The third kappa shape index (κ3) is 4.15. The first-order valence-electron chi connectivity index (χ1n) is 6.66. The molecule has 0 fully saturated rings. The summed E-state index contributed by atoms with van der Waals surface area (Å²) < 4.78 is 6.82. The number of nitrogens with zero attached hydrogens (tertiary/aromatic N) is 2. The average molecular weight is 352 g/mol. The molecule has 0 aliphatic carbocycles. The quantitative estimate of drug-likeness (QED) is 0.868. The Morgan fingerprint density at radius 1 is 1.33 bits per heavy atom. The number of aryl methyl sites for hydroxylation is 1. The van der Waals surface area contributed by atoms with Crippen LogP contribution in [0.15, 0.2) is 39.7 Å². The Hall–Kier alpha value is -1.66. The number of nitrogens with one attached hydrogen (secondary N) is 1. The molecule has 0 atom stereocenters. The smallest absolute Gasteiger partial charge is 0.283 e. The van der Waals surface area contributed by atoms with E-state index in [1.54, 1.807) is 13.3 Å². The summed E-state index contributed by atoms with van der Waals surface area (Å²) in [5, 5.41) is 7.35. The number of ether oxygens (including phenoxy) is 1. The van der Waals surface area contributed by atoms with Gasteiger partial charge in [0.1, 0.15) is 4.47 Å². The van der Waals surface area contributed by atoms with E-state index < -0.39 is 0 Å². The van der Waals surface area contributed by atoms with Crippen molar-refractivity contribution in [2.45, 2.75) is 20.0 Å². The van der Waals surface area contributed by atoms with Crippen molar-refractivity contribution in [1.82, 2.24) is 9.78 Å². The van der Waals surface area contributed by atoms with Gasteiger partial charge in [0, 0.05) is 13.7 Å². The first-order chi connectivity index (χ1) is 10.1. The average Bonchev–Trinajstić information content (AvgIpc) is 2.49. The van der Waals surface area contributed by atoms with Gasteiger partial charge in [0.2, 0.25) is 0 Å². The molecule has 1 aromatic heterocycles. The molecule has 0 saturated carbocycles. The lowest BCUT2D eigenvalue weighted by Crippen LogP contribution is -2.26. The Balaban J connectivity index is 2.08. The second kappa shape index (κ2) is 7.38. The number of halogens is 1. The van der Waals surface area contributed by atoms with Gasteiger partial charge in [0.15, 0.2) is 0 Å². The van der Waals surface area contributed by atoms with Crippen molar-refractivity contribution in [3.05, 3.63) is 56.4 Å². The van der Waals surface area contributed by atoms with Crippen molar-refractivity contribution in [3.8, 4) is 0 Å². The fraction of sp³-hybridized carbons (Fsp3) is 0.333. The molecular formula is C15H18BrN3O2. The lowest BCUT2D eigenvalue weighted by Gasteiger charge is -2.10. The maximum absolute atomic E-state index is 12.1. The summed E-state index contributed by atoms with van der Waals surface area (Å²) in [5.41, 5.74) is 2.90.